The van der Waals surface area contributed by atoms with E-state index in [9.17, 15) is 4.79 Å². The van der Waals surface area contributed by atoms with Gasteiger partial charge in [-0.05, 0) is 37.9 Å². The van der Waals surface area contributed by atoms with Crippen LogP contribution >= 0.6 is 0 Å². The number of anilines is 1. The summed E-state index contributed by atoms with van der Waals surface area (Å²) >= 11 is 0. The SMILES string of the molecule is CCNC(C)c1ccccc1NC(=O)NC1CC1. The van der Waals surface area contributed by atoms with Crippen molar-refractivity contribution in [3.63, 3.8) is 0 Å². The zero-order chi connectivity index (χ0) is 13.0. The minimum Gasteiger partial charge on any atom is -0.335 e. The molecule has 4 nitrogen and oxygen atoms in total. The molecule has 0 saturated heterocycles. The summed E-state index contributed by atoms with van der Waals surface area (Å²) < 4.78 is 0. The average Bonchev–Trinajstić information content (AvgIpc) is 3.13. The maximum absolute atomic E-state index is 11.8. The predicted octanol–water partition coefficient (Wildman–Crippen LogP) is 2.64. The van der Waals surface area contributed by atoms with Gasteiger partial charge >= 0.3 is 6.03 Å². The largest absolute Gasteiger partial charge is 0.335 e. The minimum absolute atomic E-state index is 0.103. The van der Waals surface area contributed by atoms with E-state index < -0.39 is 0 Å². The van der Waals surface area contributed by atoms with Gasteiger partial charge in [0.15, 0.2) is 0 Å². The highest BCUT2D eigenvalue weighted by Gasteiger charge is 2.23. The Labute approximate surface area is 108 Å². The Bertz CT molecular complexity index is 415. The van der Waals surface area contributed by atoms with Crippen LogP contribution in [0.5, 0.6) is 0 Å². The lowest BCUT2D eigenvalue weighted by atomic mass is 10.1. The molecule has 1 aromatic carbocycles. The molecule has 0 heterocycles. The molecule has 18 heavy (non-hydrogen) atoms. The Morgan fingerprint density at radius 1 is 1.39 bits per heavy atom. The molecule has 1 aliphatic carbocycles. The first-order valence-corrected chi connectivity index (χ1v) is 6.60. The highest BCUT2D eigenvalue weighted by atomic mass is 16.2. The van der Waals surface area contributed by atoms with Crippen LogP contribution in [-0.2, 0) is 0 Å². The number of para-hydroxylation sites is 1. The molecule has 0 radical (unpaired) electrons. The summed E-state index contributed by atoms with van der Waals surface area (Å²) in [5, 5.41) is 9.22. The van der Waals surface area contributed by atoms with Gasteiger partial charge in [0.2, 0.25) is 0 Å². The predicted molar refractivity (Wildman–Crippen MR) is 73.7 cm³/mol. The van der Waals surface area contributed by atoms with Crippen molar-refractivity contribution in [2.24, 2.45) is 0 Å². The normalized spacial score (nSPS) is 16.1. The molecule has 2 amide bonds. The molecule has 2 rings (SSSR count). The Morgan fingerprint density at radius 3 is 2.78 bits per heavy atom. The molecule has 0 bridgehead atoms. The first kappa shape index (κ1) is 12.9. The number of carbonyl (C=O) groups is 1. The highest BCUT2D eigenvalue weighted by molar-refractivity contribution is 5.90. The van der Waals surface area contributed by atoms with E-state index in [1.54, 1.807) is 0 Å². The van der Waals surface area contributed by atoms with Crippen molar-refractivity contribution in [3.8, 4) is 0 Å². The molecule has 4 heteroatoms. The second-order valence-corrected chi connectivity index (χ2v) is 4.74. The molecule has 1 atom stereocenters. The average molecular weight is 247 g/mol. The first-order chi connectivity index (χ1) is 8.70. The molecular formula is C14H21N3O. The van der Waals surface area contributed by atoms with E-state index in [0.29, 0.717) is 6.04 Å². The Hall–Kier alpha value is -1.55. The smallest absolute Gasteiger partial charge is 0.319 e. The van der Waals surface area contributed by atoms with Gasteiger partial charge in [0.1, 0.15) is 0 Å². The summed E-state index contributed by atoms with van der Waals surface area (Å²) in [4.78, 5) is 11.8. The summed E-state index contributed by atoms with van der Waals surface area (Å²) in [5.74, 6) is 0. The lowest BCUT2D eigenvalue weighted by molar-refractivity contribution is 0.251. The van der Waals surface area contributed by atoms with E-state index in [1.165, 1.54) is 0 Å². The van der Waals surface area contributed by atoms with Gasteiger partial charge in [-0.3, -0.25) is 0 Å². The third-order valence-electron chi connectivity index (χ3n) is 3.10. The molecule has 0 spiro atoms. The monoisotopic (exact) mass is 247 g/mol. The first-order valence-electron chi connectivity index (χ1n) is 6.60. The number of hydrogen-bond donors (Lipinski definition) is 3. The minimum atomic E-state index is -0.103. The maximum Gasteiger partial charge on any atom is 0.319 e. The molecule has 1 unspecified atom stereocenters. The summed E-state index contributed by atoms with van der Waals surface area (Å²) in [7, 11) is 0. The lowest BCUT2D eigenvalue weighted by Gasteiger charge is -2.17. The molecule has 0 aliphatic heterocycles. The summed E-state index contributed by atoms with van der Waals surface area (Å²) in [6, 6.07) is 8.42. The lowest BCUT2D eigenvalue weighted by Crippen LogP contribution is -2.31. The van der Waals surface area contributed by atoms with E-state index >= 15 is 0 Å². The van der Waals surface area contributed by atoms with Gasteiger partial charge in [0.25, 0.3) is 0 Å². The van der Waals surface area contributed by atoms with Crippen molar-refractivity contribution in [2.75, 3.05) is 11.9 Å². The van der Waals surface area contributed by atoms with Gasteiger partial charge < -0.3 is 16.0 Å². The molecular weight excluding hydrogens is 226 g/mol. The van der Waals surface area contributed by atoms with Crippen LogP contribution in [0.2, 0.25) is 0 Å². The van der Waals surface area contributed by atoms with Crippen molar-refractivity contribution in [1.29, 1.82) is 0 Å². The Balaban J connectivity index is 2.03. The number of urea groups is 1. The fraction of sp³-hybridized carbons (Fsp3) is 0.500. The van der Waals surface area contributed by atoms with Crippen LogP contribution in [0.25, 0.3) is 0 Å². The van der Waals surface area contributed by atoms with Gasteiger partial charge in [0, 0.05) is 17.8 Å². The van der Waals surface area contributed by atoms with E-state index in [1.807, 2.05) is 24.3 Å². The van der Waals surface area contributed by atoms with Crippen LogP contribution in [0, 0.1) is 0 Å². The summed E-state index contributed by atoms with van der Waals surface area (Å²) in [6.45, 7) is 5.08. The molecule has 3 N–H and O–H groups in total. The van der Waals surface area contributed by atoms with Crippen LogP contribution in [0.3, 0.4) is 0 Å². The van der Waals surface area contributed by atoms with Crippen molar-refractivity contribution in [1.82, 2.24) is 10.6 Å². The van der Waals surface area contributed by atoms with Crippen molar-refractivity contribution >= 4 is 11.7 Å². The molecule has 98 valence electrons. The Kier molecular flexibility index (Phi) is 4.20. The molecule has 1 saturated carbocycles. The van der Waals surface area contributed by atoms with E-state index in [-0.39, 0.29) is 12.1 Å². The second kappa shape index (κ2) is 5.87. The van der Waals surface area contributed by atoms with E-state index in [0.717, 1.165) is 30.6 Å². The molecule has 1 aromatic rings. The molecule has 0 aromatic heterocycles. The van der Waals surface area contributed by atoms with Crippen molar-refractivity contribution in [3.05, 3.63) is 29.8 Å². The van der Waals surface area contributed by atoms with Gasteiger partial charge in [-0.15, -0.1) is 0 Å². The summed E-state index contributed by atoms with van der Waals surface area (Å²) in [6.07, 6.45) is 2.20. The quantitative estimate of drug-likeness (QED) is 0.749. The Morgan fingerprint density at radius 2 is 2.11 bits per heavy atom. The third-order valence-corrected chi connectivity index (χ3v) is 3.10. The van der Waals surface area contributed by atoms with Crippen LogP contribution in [0.15, 0.2) is 24.3 Å². The number of rotatable bonds is 5. The third kappa shape index (κ3) is 3.47. The zero-order valence-corrected chi connectivity index (χ0v) is 11.0. The van der Waals surface area contributed by atoms with Gasteiger partial charge in [-0.2, -0.15) is 0 Å². The number of nitrogens with one attached hydrogen (secondary N) is 3. The maximum atomic E-state index is 11.8. The second-order valence-electron chi connectivity index (χ2n) is 4.74. The zero-order valence-electron chi connectivity index (χ0n) is 11.0. The van der Waals surface area contributed by atoms with Gasteiger partial charge in [0.05, 0.1) is 0 Å². The molecule has 1 fully saturated rings. The fourth-order valence-electron chi connectivity index (χ4n) is 1.98. The van der Waals surface area contributed by atoms with Gasteiger partial charge in [-0.25, -0.2) is 4.79 Å². The standard InChI is InChI=1S/C14H21N3O/c1-3-15-10(2)12-6-4-5-7-13(12)17-14(18)16-11-8-9-11/h4-7,10-11,15H,3,8-9H2,1-2H3,(H2,16,17,18). The van der Waals surface area contributed by atoms with Gasteiger partial charge in [-0.1, -0.05) is 25.1 Å². The van der Waals surface area contributed by atoms with Crippen molar-refractivity contribution in [2.45, 2.75) is 38.8 Å². The van der Waals surface area contributed by atoms with Crippen molar-refractivity contribution < 1.29 is 4.79 Å². The van der Waals surface area contributed by atoms with E-state index in [2.05, 4.69) is 29.8 Å². The molecule has 1 aliphatic rings. The highest BCUT2D eigenvalue weighted by Crippen LogP contribution is 2.23. The number of hydrogen-bond acceptors (Lipinski definition) is 2. The topological polar surface area (TPSA) is 53.2 Å². The summed E-state index contributed by atoms with van der Waals surface area (Å²) in [5.41, 5.74) is 1.99. The van der Waals surface area contributed by atoms with Crippen LogP contribution < -0.4 is 16.0 Å². The van der Waals surface area contributed by atoms with Crippen LogP contribution in [0.4, 0.5) is 10.5 Å². The van der Waals surface area contributed by atoms with E-state index in [4.69, 9.17) is 0 Å². The van der Waals surface area contributed by atoms with Crippen LogP contribution in [0.1, 0.15) is 38.3 Å². The number of carbonyl (C=O) groups excluding carboxylic acids is 1. The van der Waals surface area contributed by atoms with Crippen LogP contribution in [-0.4, -0.2) is 18.6 Å². The fourth-order valence-corrected chi connectivity index (χ4v) is 1.98. The number of benzene rings is 1. The number of amides is 2.